The lowest BCUT2D eigenvalue weighted by molar-refractivity contribution is -0.137. The van der Waals surface area contributed by atoms with Gasteiger partial charge in [0.25, 0.3) is 11.8 Å². The van der Waals surface area contributed by atoms with Gasteiger partial charge in [-0.3, -0.25) is 14.5 Å². The van der Waals surface area contributed by atoms with E-state index in [1.165, 1.54) is 4.90 Å². The number of benzene rings is 2. The highest BCUT2D eigenvalue weighted by atomic mass is 16.5. The van der Waals surface area contributed by atoms with E-state index in [1.54, 1.807) is 0 Å². The van der Waals surface area contributed by atoms with Crippen LogP contribution in [-0.4, -0.2) is 41.8 Å². The first-order chi connectivity index (χ1) is 13.6. The molecule has 5 heteroatoms. The van der Waals surface area contributed by atoms with Gasteiger partial charge in [0.2, 0.25) is 0 Å². The maximum atomic E-state index is 13.0. The highest BCUT2D eigenvalue weighted by Crippen LogP contribution is 2.32. The summed E-state index contributed by atoms with van der Waals surface area (Å²) >= 11 is 0. The fraction of sp³-hybridized carbons (Fsp3) is 0.304. The second kappa shape index (κ2) is 8.74. The minimum absolute atomic E-state index is 0.243. The van der Waals surface area contributed by atoms with Crippen molar-refractivity contribution in [3.8, 4) is 5.75 Å². The average molecular weight is 378 g/mol. The van der Waals surface area contributed by atoms with Crippen LogP contribution in [0.1, 0.15) is 31.4 Å². The molecule has 1 aliphatic rings. The van der Waals surface area contributed by atoms with E-state index in [4.69, 9.17) is 4.74 Å². The smallest absolute Gasteiger partial charge is 0.277 e. The van der Waals surface area contributed by atoms with Crippen molar-refractivity contribution in [3.63, 3.8) is 0 Å². The maximum absolute atomic E-state index is 13.0. The Bertz CT molecular complexity index is 872. The molecule has 28 heavy (non-hydrogen) atoms. The Morgan fingerprint density at radius 3 is 2.21 bits per heavy atom. The number of ether oxygens (including phenoxy) is 1. The topological polar surface area (TPSA) is 49.9 Å². The first kappa shape index (κ1) is 19.7. The normalized spacial score (nSPS) is 14.0. The number of carbonyl (C=O) groups excluding carboxylic acids is 2. The molecule has 2 amide bonds. The van der Waals surface area contributed by atoms with Gasteiger partial charge in [0.15, 0.2) is 0 Å². The van der Waals surface area contributed by atoms with E-state index < -0.39 is 0 Å². The summed E-state index contributed by atoms with van der Waals surface area (Å²) in [6.07, 6.45) is 0.930. The van der Waals surface area contributed by atoms with Gasteiger partial charge in [-0.25, -0.2) is 0 Å². The molecular weight excluding hydrogens is 352 g/mol. The summed E-state index contributed by atoms with van der Waals surface area (Å²) in [7, 11) is 1.85. The number of amides is 2. The minimum atomic E-state index is -0.246. The molecule has 0 aliphatic carbocycles. The second-order valence-electron chi connectivity index (χ2n) is 6.79. The molecule has 2 aromatic rings. The predicted octanol–water partition coefficient (Wildman–Crippen LogP) is 3.71. The van der Waals surface area contributed by atoms with Crippen molar-refractivity contribution in [2.75, 3.05) is 20.2 Å². The van der Waals surface area contributed by atoms with Crippen LogP contribution in [0.3, 0.4) is 0 Å². The third kappa shape index (κ3) is 3.93. The number of hydrogen-bond donors (Lipinski definition) is 0. The summed E-state index contributed by atoms with van der Waals surface area (Å²) in [5.41, 5.74) is 2.70. The molecule has 146 valence electrons. The van der Waals surface area contributed by atoms with Gasteiger partial charge in [0.1, 0.15) is 11.4 Å². The van der Waals surface area contributed by atoms with Crippen molar-refractivity contribution in [2.24, 2.45) is 0 Å². The van der Waals surface area contributed by atoms with Crippen molar-refractivity contribution in [2.45, 2.75) is 26.8 Å². The highest BCUT2D eigenvalue weighted by Gasteiger charge is 2.39. The van der Waals surface area contributed by atoms with Crippen molar-refractivity contribution >= 4 is 17.4 Å². The zero-order valence-corrected chi connectivity index (χ0v) is 16.6. The van der Waals surface area contributed by atoms with Crippen LogP contribution in [0.4, 0.5) is 0 Å². The molecule has 5 nitrogen and oxygen atoms in total. The fourth-order valence-electron chi connectivity index (χ4n) is 3.34. The third-order valence-electron chi connectivity index (χ3n) is 4.72. The van der Waals surface area contributed by atoms with E-state index in [9.17, 15) is 9.59 Å². The lowest BCUT2D eigenvalue weighted by atomic mass is 10.0. The Morgan fingerprint density at radius 2 is 1.61 bits per heavy atom. The molecule has 1 heterocycles. The Balaban J connectivity index is 1.96. The van der Waals surface area contributed by atoms with E-state index in [1.807, 2.05) is 73.5 Å². The van der Waals surface area contributed by atoms with Crippen molar-refractivity contribution in [3.05, 3.63) is 71.4 Å². The number of nitrogens with zero attached hydrogens (tertiary/aromatic N) is 2. The molecule has 1 aliphatic heterocycles. The lowest BCUT2D eigenvalue weighted by Crippen LogP contribution is -2.33. The van der Waals surface area contributed by atoms with Gasteiger partial charge in [0.05, 0.1) is 12.2 Å². The lowest BCUT2D eigenvalue weighted by Gasteiger charge is -2.21. The Hall–Kier alpha value is -3.08. The molecular formula is C23H26N2O3. The summed E-state index contributed by atoms with van der Waals surface area (Å²) in [4.78, 5) is 29.1. The van der Waals surface area contributed by atoms with Gasteiger partial charge in [-0.15, -0.1) is 0 Å². The average Bonchev–Trinajstić information content (AvgIpc) is 2.97. The van der Waals surface area contributed by atoms with Crippen LogP contribution in [0.2, 0.25) is 0 Å². The molecule has 0 N–H and O–H groups in total. The van der Waals surface area contributed by atoms with Crippen LogP contribution >= 0.6 is 0 Å². The number of likely N-dealkylation sites (N-methyl/N-ethyl adjacent to an activating group) is 2. The van der Waals surface area contributed by atoms with E-state index >= 15 is 0 Å². The third-order valence-corrected chi connectivity index (χ3v) is 4.72. The van der Waals surface area contributed by atoms with E-state index in [0.29, 0.717) is 31.0 Å². The molecule has 0 saturated carbocycles. The molecule has 0 aromatic heterocycles. The second-order valence-corrected chi connectivity index (χ2v) is 6.79. The van der Waals surface area contributed by atoms with Crippen LogP contribution in [0.25, 0.3) is 5.57 Å². The maximum Gasteiger partial charge on any atom is 0.277 e. The predicted molar refractivity (Wildman–Crippen MR) is 109 cm³/mol. The molecule has 2 aromatic carbocycles. The van der Waals surface area contributed by atoms with E-state index in [2.05, 4.69) is 6.92 Å². The summed E-state index contributed by atoms with van der Waals surface area (Å²) in [6.45, 7) is 5.41. The standard InChI is InChI=1S/C23H26N2O3/c1-4-15-28-19-13-11-18(12-14-19)20-21(23(27)25(5-2)22(20)26)24(3)16-17-9-7-6-8-10-17/h6-14H,4-5,15-16H2,1-3H3. The van der Waals surface area contributed by atoms with Gasteiger partial charge in [-0.2, -0.15) is 0 Å². The van der Waals surface area contributed by atoms with Crippen LogP contribution in [0.5, 0.6) is 5.75 Å². The summed E-state index contributed by atoms with van der Waals surface area (Å²) in [5, 5.41) is 0. The molecule has 0 radical (unpaired) electrons. The summed E-state index contributed by atoms with van der Waals surface area (Å²) in [6, 6.07) is 17.3. The van der Waals surface area contributed by atoms with Gasteiger partial charge >= 0.3 is 0 Å². The zero-order chi connectivity index (χ0) is 20.1. The van der Waals surface area contributed by atoms with Gasteiger partial charge in [-0.1, -0.05) is 49.4 Å². The number of hydrogen-bond acceptors (Lipinski definition) is 4. The van der Waals surface area contributed by atoms with Crippen LogP contribution in [0, 0.1) is 0 Å². The number of rotatable bonds is 8. The SMILES string of the molecule is CCCOc1ccc(C2=C(N(C)Cc3ccccc3)C(=O)N(CC)C2=O)cc1. The first-order valence-electron chi connectivity index (χ1n) is 9.65. The molecule has 0 fully saturated rings. The van der Waals surface area contributed by atoms with Gasteiger partial charge < -0.3 is 9.64 Å². The van der Waals surface area contributed by atoms with Gasteiger partial charge in [-0.05, 0) is 36.6 Å². The molecule has 3 rings (SSSR count). The van der Waals surface area contributed by atoms with E-state index in [0.717, 1.165) is 23.3 Å². The van der Waals surface area contributed by atoms with Crippen LogP contribution < -0.4 is 4.74 Å². The molecule has 0 unspecified atom stereocenters. The monoisotopic (exact) mass is 378 g/mol. The highest BCUT2D eigenvalue weighted by molar-refractivity contribution is 6.35. The molecule has 0 bridgehead atoms. The fourth-order valence-corrected chi connectivity index (χ4v) is 3.34. The Kier molecular flexibility index (Phi) is 6.14. The van der Waals surface area contributed by atoms with Crippen LogP contribution in [-0.2, 0) is 16.1 Å². The van der Waals surface area contributed by atoms with Gasteiger partial charge in [0, 0.05) is 20.1 Å². The number of carbonyl (C=O) groups is 2. The summed E-state index contributed by atoms with van der Waals surface area (Å²) < 4.78 is 5.63. The Morgan fingerprint density at radius 1 is 0.929 bits per heavy atom. The molecule has 0 atom stereocenters. The zero-order valence-electron chi connectivity index (χ0n) is 16.6. The first-order valence-corrected chi connectivity index (χ1v) is 9.65. The Labute approximate surface area is 166 Å². The quantitative estimate of drug-likeness (QED) is 0.657. The largest absolute Gasteiger partial charge is 0.494 e. The van der Waals surface area contributed by atoms with E-state index in [-0.39, 0.29) is 11.8 Å². The van der Waals surface area contributed by atoms with Crippen molar-refractivity contribution < 1.29 is 14.3 Å². The van der Waals surface area contributed by atoms with Crippen molar-refractivity contribution in [1.82, 2.24) is 9.80 Å². The molecule has 0 spiro atoms. The molecule has 0 saturated heterocycles. The number of imide groups is 1. The van der Waals surface area contributed by atoms with Crippen LogP contribution in [0.15, 0.2) is 60.3 Å². The van der Waals surface area contributed by atoms with Crippen molar-refractivity contribution in [1.29, 1.82) is 0 Å². The minimum Gasteiger partial charge on any atom is -0.494 e. The summed E-state index contributed by atoms with van der Waals surface area (Å²) in [5.74, 6) is 0.270.